The number of nitrogens with zero attached hydrogens (tertiary/aromatic N) is 2. The summed E-state index contributed by atoms with van der Waals surface area (Å²) >= 11 is 2.24. The van der Waals surface area contributed by atoms with Gasteiger partial charge in [0.2, 0.25) is 0 Å². The van der Waals surface area contributed by atoms with E-state index in [2.05, 4.69) is 27.6 Å². The van der Waals surface area contributed by atoms with Crippen molar-refractivity contribution in [3.05, 3.63) is 21.9 Å². The fraction of sp³-hybridized carbons (Fsp3) is 0.286. The molecule has 0 spiro atoms. The molecular formula is C7H9IN2. The Labute approximate surface area is 74.4 Å². The Morgan fingerprint density at radius 1 is 1.40 bits per heavy atom. The number of pyridine rings is 1. The first-order valence-electron chi connectivity index (χ1n) is 2.99. The van der Waals surface area contributed by atoms with Gasteiger partial charge in [0.1, 0.15) is 5.82 Å². The molecule has 3 heteroatoms. The molecule has 0 N–H and O–H groups in total. The zero-order valence-electron chi connectivity index (χ0n) is 6.00. The Kier molecular flexibility index (Phi) is 2.48. The first kappa shape index (κ1) is 7.78. The van der Waals surface area contributed by atoms with Crippen LogP contribution in [0.5, 0.6) is 0 Å². The molecule has 1 rings (SSSR count). The van der Waals surface area contributed by atoms with Crippen LogP contribution in [0.3, 0.4) is 0 Å². The highest BCUT2D eigenvalue weighted by atomic mass is 127. The van der Waals surface area contributed by atoms with E-state index in [1.807, 2.05) is 37.3 Å². The maximum Gasteiger partial charge on any atom is 0.128 e. The number of rotatable bonds is 1. The van der Waals surface area contributed by atoms with Gasteiger partial charge < -0.3 is 4.90 Å². The summed E-state index contributed by atoms with van der Waals surface area (Å²) in [7, 11) is 3.96. The van der Waals surface area contributed by atoms with E-state index in [0.717, 1.165) is 5.82 Å². The molecule has 0 aromatic carbocycles. The van der Waals surface area contributed by atoms with Gasteiger partial charge in [-0.3, -0.25) is 0 Å². The number of halogens is 1. The molecule has 0 radical (unpaired) electrons. The highest BCUT2D eigenvalue weighted by Crippen LogP contribution is 2.08. The van der Waals surface area contributed by atoms with Gasteiger partial charge in [0, 0.05) is 23.9 Å². The third-order valence-electron chi connectivity index (χ3n) is 1.17. The van der Waals surface area contributed by atoms with E-state index in [1.54, 1.807) is 0 Å². The molecule has 0 amide bonds. The zero-order chi connectivity index (χ0) is 7.56. The molecule has 0 aliphatic rings. The lowest BCUT2D eigenvalue weighted by Gasteiger charge is -2.09. The normalized spacial score (nSPS) is 9.50. The average Bonchev–Trinajstić information content (AvgIpc) is 1.88. The molecule has 1 aromatic rings. The minimum atomic E-state index is 1.00. The maximum absolute atomic E-state index is 4.20. The SMILES string of the molecule is CN(C)c1ccc(I)cn1. The van der Waals surface area contributed by atoms with Crippen molar-refractivity contribution < 1.29 is 0 Å². The lowest BCUT2D eigenvalue weighted by molar-refractivity contribution is 1.06. The van der Waals surface area contributed by atoms with Gasteiger partial charge in [-0.05, 0) is 34.7 Å². The third kappa shape index (κ3) is 1.83. The van der Waals surface area contributed by atoms with Crippen LogP contribution in [0, 0.1) is 3.57 Å². The third-order valence-corrected chi connectivity index (χ3v) is 1.81. The highest BCUT2D eigenvalue weighted by molar-refractivity contribution is 14.1. The van der Waals surface area contributed by atoms with Gasteiger partial charge in [-0.15, -0.1) is 0 Å². The van der Waals surface area contributed by atoms with Crippen LogP contribution in [0.15, 0.2) is 18.3 Å². The number of hydrogen-bond acceptors (Lipinski definition) is 2. The topological polar surface area (TPSA) is 16.1 Å². The Hall–Kier alpha value is -0.320. The van der Waals surface area contributed by atoms with Crippen LogP contribution in [0.4, 0.5) is 5.82 Å². The van der Waals surface area contributed by atoms with Crippen molar-refractivity contribution in [2.75, 3.05) is 19.0 Å². The van der Waals surface area contributed by atoms with Crippen LogP contribution in [0.1, 0.15) is 0 Å². The lowest BCUT2D eigenvalue weighted by atomic mass is 10.4. The summed E-state index contributed by atoms with van der Waals surface area (Å²) in [6, 6.07) is 4.05. The molecule has 0 saturated heterocycles. The number of aromatic nitrogens is 1. The average molecular weight is 248 g/mol. The van der Waals surface area contributed by atoms with Crippen molar-refractivity contribution in [1.29, 1.82) is 0 Å². The van der Waals surface area contributed by atoms with Crippen molar-refractivity contribution in [3.8, 4) is 0 Å². The van der Waals surface area contributed by atoms with Gasteiger partial charge in [0.05, 0.1) is 0 Å². The molecular weight excluding hydrogens is 239 g/mol. The highest BCUT2D eigenvalue weighted by Gasteiger charge is 1.93. The largest absolute Gasteiger partial charge is 0.363 e. The second kappa shape index (κ2) is 3.18. The van der Waals surface area contributed by atoms with Gasteiger partial charge in [-0.25, -0.2) is 4.98 Å². The lowest BCUT2D eigenvalue weighted by Crippen LogP contribution is -2.09. The van der Waals surface area contributed by atoms with Crippen molar-refractivity contribution in [2.24, 2.45) is 0 Å². The summed E-state index contributed by atoms with van der Waals surface area (Å²) in [4.78, 5) is 6.18. The Bertz CT molecular complexity index is 205. The smallest absolute Gasteiger partial charge is 0.128 e. The van der Waals surface area contributed by atoms with Gasteiger partial charge in [-0.1, -0.05) is 0 Å². The first-order valence-corrected chi connectivity index (χ1v) is 4.07. The predicted molar refractivity (Wildman–Crippen MR) is 51.3 cm³/mol. The molecule has 0 aliphatic heterocycles. The number of anilines is 1. The molecule has 10 heavy (non-hydrogen) atoms. The van der Waals surface area contributed by atoms with E-state index in [-0.39, 0.29) is 0 Å². The van der Waals surface area contributed by atoms with Gasteiger partial charge >= 0.3 is 0 Å². The molecule has 54 valence electrons. The standard InChI is InChI=1S/C7H9IN2/c1-10(2)7-4-3-6(8)5-9-7/h3-5H,1-2H3. The molecule has 1 heterocycles. The molecule has 0 aliphatic carbocycles. The monoisotopic (exact) mass is 248 g/mol. The van der Waals surface area contributed by atoms with E-state index < -0.39 is 0 Å². The molecule has 2 nitrogen and oxygen atoms in total. The summed E-state index contributed by atoms with van der Waals surface area (Å²) in [6.07, 6.45) is 1.86. The zero-order valence-corrected chi connectivity index (χ0v) is 8.16. The minimum absolute atomic E-state index is 1.00. The van der Waals surface area contributed by atoms with Crippen LogP contribution in [-0.4, -0.2) is 19.1 Å². The van der Waals surface area contributed by atoms with Gasteiger partial charge in [0.25, 0.3) is 0 Å². The molecule has 0 atom stereocenters. The first-order chi connectivity index (χ1) is 4.70. The van der Waals surface area contributed by atoms with Crippen LogP contribution < -0.4 is 4.90 Å². The van der Waals surface area contributed by atoms with Gasteiger partial charge in [-0.2, -0.15) is 0 Å². The van der Waals surface area contributed by atoms with E-state index in [9.17, 15) is 0 Å². The van der Waals surface area contributed by atoms with Crippen molar-refractivity contribution in [3.63, 3.8) is 0 Å². The summed E-state index contributed by atoms with van der Waals surface area (Å²) in [5.41, 5.74) is 0. The molecule has 0 fully saturated rings. The predicted octanol–water partition coefficient (Wildman–Crippen LogP) is 1.75. The molecule has 0 unspecified atom stereocenters. The second-order valence-electron chi connectivity index (χ2n) is 2.23. The van der Waals surface area contributed by atoms with Crippen LogP contribution in [0.2, 0.25) is 0 Å². The Morgan fingerprint density at radius 3 is 2.50 bits per heavy atom. The van der Waals surface area contributed by atoms with Crippen LogP contribution in [-0.2, 0) is 0 Å². The number of hydrogen-bond donors (Lipinski definition) is 0. The summed E-state index contributed by atoms with van der Waals surface area (Å²) in [5, 5.41) is 0. The van der Waals surface area contributed by atoms with E-state index in [1.165, 1.54) is 3.57 Å². The van der Waals surface area contributed by atoms with E-state index >= 15 is 0 Å². The van der Waals surface area contributed by atoms with Crippen LogP contribution in [0.25, 0.3) is 0 Å². The maximum atomic E-state index is 4.20. The van der Waals surface area contributed by atoms with E-state index in [4.69, 9.17) is 0 Å². The molecule has 0 bridgehead atoms. The van der Waals surface area contributed by atoms with Crippen molar-refractivity contribution >= 4 is 28.4 Å². The van der Waals surface area contributed by atoms with Crippen molar-refractivity contribution in [1.82, 2.24) is 4.98 Å². The summed E-state index contributed by atoms with van der Waals surface area (Å²) in [6.45, 7) is 0. The van der Waals surface area contributed by atoms with Crippen LogP contribution >= 0.6 is 22.6 Å². The quantitative estimate of drug-likeness (QED) is 0.704. The molecule has 1 aromatic heterocycles. The minimum Gasteiger partial charge on any atom is -0.363 e. The molecule has 0 saturated carbocycles. The second-order valence-corrected chi connectivity index (χ2v) is 3.47. The van der Waals surface area contributed by atoms with Gasteiger partial charge in [0.15, 0.2) is 0 Å². The fourth-order valence-electron chi connectivity index (χ4n) is 0.633. The Balaban J connectivity index is 2.89. The Morgan fingerprint density at radius 2 is 2.10 bits per heavy atom. The van der Waals surface area contributed by atoms with E-state index in [0.29, 0.717) is 0 Å². The summed E-state index contributed by atoms with van der Waals surface area (Å²) < 4.78 is 1.17. The van der Waals surface area contributed by atoms with Crippen molar-refractivity contribution in [2.45, 2.75) is 0 Å². The summed E-state index contributed by atoms with van der Waals surface area (Å²) in [5.74, 6) is 1.00. The fourth-order valence-corrected chi connectivity index (χ4v) is 0.952.